The summed E-state index contributed by atoms with van der Waals surface area (Å²) in [6, 6.07) is -0.416. The van der Waals surface area contributed by atoms with E-state index in [9.17, 15) is 9.36 Å². The molecule has 0 aliphatic carbocycles. The molecule has 0 spiro atoms. The number of ether oxygens (including phenoxy) is 1. The molecule has 276 valence electrons. The van der Waals surface area contributed by atoms with Gasteiger partial charge in [0.15, 0.2) is 0 Å². The summed E-state index contributed by atoms with van der Waals surface area (Å²) in [5.74, 6) is -0.0254. The zero-order chi connectivity index (χ0) is 33.8. The molecule has 1 amide bonds. The molecule has 0 aromatic carbocycles. The minimum atomic E-state index is -3.70. The second-order valence-corrected chi connectivity index (χ2v) is 16.6. The van der Waals surface area contributed by atoms with E-state index in [2.05, 4.69) is 35.1 Å². The van der Waals surface area contributed by atoms with Gasteiger partial charge in [-0.2, -0.15) is 0 Å². The summed E-state index contributed by atoms with van der Waals surface area (Å²) in [5.41, 5.74) is 0. The number of hydrogen-bond donors (Lipinski definition) is 1. The van der Waals surface area contributed by atoms with E-state index in [1.807, 2.05) is 0 Å². The Labute approximate surface area is 298 Å². The van der Waals surface area contributed by atoms with Crippen LogP contribution in [0.5, 0.6) is 0 Å². The Balaban J connectivity index is 4.04. The van der Waals surface area contributed by atoms with Crippen LogP contribution in [0.1, 0.15) is 194 Å². The van der Waals surface area contributed by atoms with E-state index in [4.69, 9.17) is 25.0 Å². The van der Waals surface area contributed by atoms with Crippen molar-refractivity contribution >= 4 is 40.0 Å². The van der Waals surface area contributed by atoms with Crippen molar-refractivity contribution in [3.8, 4) is 0 Å². The van der Waals surface area contributed by atoms with Gasteiger partial charge < -0.3 is 10.1 Å². The summed E-state index contributed by atoms with van der Waals surface area (Å²) in [6.45, 7) is 1.96. The lowest BCUT2D eigenvalue weighted by atomic mass is 10.0. The second kappa shape index (κ2) is 36.6. The van der Waals surface area contributed by atoms with Gasteiger partial charge in [-0.05, 0) is 12.8 Å². The first kappa shape index (κ1) is 46.4. The van der Waals surface area contributed by atoms with Crippen molar-refractivity contribution in [1.29, 1.82) is 0 Å². The lowest BCUT2D eigenvalue weighted by Crippen LogP contribution is -2.41. The molecule has 0 saturated heterocycles. The summed E-state index contributed by atoms with van der Waals surface area (Å²) < 4.78 is 28.7. The molecule has 0 aromatic rings. The number of rotatable bonds is 38. The number of nitrogens with one attached hydrogen (secondary N) is 1. The molecule has 0 aliphatic rings. The number of hydrogen-bond acceptors (Lipinski definition) is 5. The fourth-order valence-corrected chi connectivity index (χ4v) is 7.25. The van der Waals surface area contributed by atoms with E-state index in [0.29, 0.717) is 25.0 Å². The Hall–Kier alpha value is 0.350. The van der Waals surface area contributed by atoms with E-state index >= 15 is 0 Å². The van der Waals surface area contributed by atoms with Crippen molar-refractivity contribution in [2.75, 3.05) is 31.8 Å². The fraction of sp³-hybridized carbons (Fsp3) is 0.973. The van der Waals surface area contributed by atoms with Gasteiger partial charge in [-0.15, -0.1) is 0 Å². The smallest absolute Gasteiger partial charge is 0.379 e. The number of carbonyl (C=O) groups excluding carboxylic acids is 1. The van der Waals surface area contributed by atoms with Gasteiger partial charge in [0.05, 0.1) is 25.9 Å². The lowest BCUT2D eigenvalue weighted by molar-refractivity contribution is -0.122. The highest BCUT2D eigenvalue weighted by atomic mass is 79.9. The quantitative estimate of drug-likeness (QED) is 0.0385. The van der Waals surface area contributed by atoms with E-state index in [0.717, 1.165) is 25.7 Å². The molecule has 0 heterocycles. The van der Waals surface area contributed by atoms with E-state index < -0.39 is 13.0 Å². The van der Waals surface area contributed by atoms with Crippen molar-refractivity contribution in [2.24, 2.45) is 0 Å². The van der Waals surface area contributed by atoms with E-state index in [1.54, 1.807) is 0 Å². The average molecular weight is 759 g/mol. The lowest BCUT2D eigenvalue weighted by Gasteiger charge is -2.20. The summed E-state index contributed by atoms with van der Waals surface area (Å²) in [5, 5.41) is 3.52. The maximum absolute atomic E-state index is 12.7. The SMILES string of the molecule is CCCCCCCCCCCCCCCCOC[C@H](COP(=O)(Cl)OCCBr)NC(=O)CCCCCCCCCCCCCCC. The third-order valence-corrected chi connectivity index (χ3v) is 10.4. The highest BCUT2D eigenvalue weighted by Gasteiger charge is 2.24. The van der Waals surface area contributed by atoms with Crippen LogP contribution in [0.25, 0.3) is 0 Å². The molecular weight excluding hydrogens is 685 g/mol. The van der Waals surface area contributed by atoms with Crippen molar-refractivity contribution < 1.29 is 23.1 Å². The minimum Gasteiger partial charge on any atom is -0.379 e. The van der Waals surface area contributed by atoms with Gasteiger partial charge in [-0.3, -0.25) is 13.8 Å². The second-order valence-electron chi connectivity index (χ2n) is 13.2. The number of alkyl halides is 1. The Kier molecular flexibility index (Phi) is 36.9. The van der Waals surface area contributed by atoms with Crippen LogP contribution in [0.3, 0.4) is 0 Å². The molecule has 0 aliphatic heterocycles. The molecule has 0 radical (unpaired) electrons. The van der Waals surface area contributed by atoms with Crippen molar-refractivity contribution in [2.45, 2.75) is 200 Å². The fourth-order valence-electron chi connectivity index (χ4n) is 5.72. The van der Waals surface area contributed by atoms with Crippen LogP contribution in [-0.2, 0) is 23.1 Å². The Morgan fingerprint density at radius 2 is 0.978 bits per heavy atom. The summed E-state index contributed by atoms with van der Waals surface area (Å²) in [7, 11) is 0. The Bertz CT molecular complexity index is 690. The third kappa shape index (κ3) is 35.7. The molecule has 6 nitrogen and oxygen atoms in total. The van der Waals surface area contributed by atoms with Gasteiger partial charge in [0, 0.05) is 29.6 Å². The highest BCUT2D eigenvalue weighted by molar-refractivity contribution is 9.09. The van der Waals surface area contributed by atoms with Crippen LogP contribution in [0, 0.1) is 0 Å². The molecule has 1 unspecified atom stereocenters. The van der Waals surface area contributed by atoms with Crippen molar-refractivity contribution in [3.63, 3.8) is 0 Å². The molecule has 0 fully saturated rings. The topological polar surface area (TPSA) is 73.9 Å². The maximum Gasteiger partial charge on any atom is 0.424 e. The first-order valence-corrected chi connectivity index (χ1v) is 23.0. The molecule has 46 heavy (non-hydrogen) atoms. The predicted molar refractivity (Wildman–Crippen MR) is 203 cm³/mol. The van der Waals surface area contributed by atoms with Crippen LogP contribution in [0.4, 0.5) is 0 Å². The van der Waals surface area contributed by atoms with E-state index in [-0.39, 0.29) is 19.1 Å². The van der Waals surface area contributed by atoms with Crippen LogP contribution in [0.15, 0.2) is 0 Å². The number of unbranched alkanes of at least 4 members (excludes halogenated alkanes) is 25. The van der Waals surface area contributed by atoms with Gasteiger partial charge >= 0.3 is 6.95 Å². The highest BCUT2D eigenvalue weighted by Crippen LogP contribution is 2.53. The standard InChI is InChI=1S/C37H74BrClNO5P/c1-3-5-7-9-11-13-15-17-19-21-23-25-27-29-32-43-34-36(35-45-46(39,42)44-33-31-38)40-37(41)30-28-26-24-22-20-18-16-14-12-10-8-6-4-2/h36H,3-35H2,1-2H3,(H,40,41)/t36-,46?/m1/s1. The summed E-state index contributed by atoms with van der Waals surface area (Å²) in [4.78, 5) is 12.7. The molecule has 0 bridgehead atoms. The van der Waals surface area contributed by atoms with Gasteiger partial charge in [-0.1, -0.05) is 190 Å². The minimum absolute atomic E-state index is 0.00779. The van der Waals surface area contributed by atoms with Crippen LogP contribution >= 0.6 is 34.1 Å². The van der Waals surface area contributed by atoms with Gasteiger partial charge in [0.2, 0.25) is 5.91 Å². The summed E-state index contributed by atoms with van der Waals surface area (Å²) >= 11 is 9.16. The molecule has 0 rings (SSSR count). The van der Waals surface area contributed by atoms with Crippen molar-refractivity contribution in [1.82, 2.24) is 5.32 Å². The maximum atomic E-state index is 12.7. The monoisotopic (exact) mass is 757 g/mol. The number of amides is 1. The van der Waals surface area contributed by atoms with Crippen LogP contribution < -0.4 is 5.32 Å². The predicted octanol–water partition coefficient (Wildman–Crippen LogP) is 13.2. The zero-order valence-corrected chi connectivity index (χ0v) is 33.4. The summed E-state index contributed by atoms with van der Waals surface area (Å²) in [6.07, 6.45) is 35.6. The molecule has 0 saturated carbocycles. The molecular formula is C37H74BrClNO5P. The molecule has 9 heteroatoms. The zero-order valence-electron chi connectivity index (χ0n) is 30.2. The number of halogens is 2. The largest absolute Gasteiger partial charge is 0.424 e. The first-order valence-electron chi connectivity index (χ1n) is 19.5. The normalized spacial score (nSPS) is 13.6. The van der Waals surface area contributed by atoms with Gasteiger partial charge in [-0.25, -0.2) is 4.57 Å². The first-order chi connectivity index (χ1) is 22.4. The van der Waals surface area contributed by atoms with Crippen LogP contribution in [-0.4, -0.2) is 43.7 Å². The molecule has 1 N–H and O–H groups in total. The number of carbonyl (C=O) groups is 1. The van der Waals surface area contributed by atoms with E-state index in [1.165, 1.54) is 148 Å². The Morgan fingerprint density at radius 3 is 1.39 bits per heavy atom. The third-order valence-electron chi connectivity index (χ3n) is 8.59. The Morgan fingerprint density at radius 1 is 0.587 bits per heavy atom. The van der Waals surface area contributed by atoms with Gasteiger partial charge in [0.25, 0.3) is 0 Å². The van der Waals surface area contributed by atoms with Gasteiger partial charge in [0.1, 0.15) is 0 Å². The molecule has 0 aromatic heterocycles. The average Bonchev–Trinajstić information content (AvgIpc) is 3.04. The molecule has 2 atom stereocenters. The van der Waals surface area contributed by atoms with Crippen molar-refractivity contribution in [3.05, 3.63) is 0 Å². The van der Waals surface area contributed by atoms with Crippen LogP contribution in [0.2, 0.25) is 0 Å².